The molecule has 2 aliphatic rings. The Balaban J connectivity index is 0.00000225. The van der Waals surface area contributed by atoms with Gasteiger partial charge in [0.2, 0.25) is 5.91 Å². The van der Waals surface area contributed by atoms with Crippen molar-refractivity contribution in [1.29, 1.82) is 0 Å². The number of hydrogen-bond donors (Lipinski definition) is 3. The smallest absolute Gasteiger partial charge is 0.253 e. The van der Waals surface area contributed by atoms with Crippen LogP contribution < -0.4 is 16.0 Å². The van der Waals surface area contributed by atoms with Crippen molar-refractivity contribution in [3.63, 3.8) is 0 Å². The molecule has 3 N–H and O–H groups in total. The molecule has 1 aromatic carbocycles. The molecule has 1 saturated carbocycles. The zero-order chi connectivity index (χ0) is 16.9. The van der Waals surface area contributed by atoms with Gasteiger partial charge in [0.1, 0.15) is 0 Å². The summed E-state index contributed by atoms with van der Waals surface area (Å²) in [5, 5.41) is 9.53. The molecule has 0 bridgehead atoms. The molecule has 1 aliphatic heterocycles. The summed E-state index contributed by atoms with van der Waals surface area (Å²) < 4.78 is 0. The quantitative estimate of drug-likeness (QED) is 0.702. The molecule has 2 fully saturated rings. The Hall–Kier alpha value is -1.30. The number of nitrogens with one attached hydrogen (secondary N) is 3. The van der Waals surface area contributed by atoms with Crippen LogP contribution in [0.25, 0.3) is 0 Å². The molecule has 5 nitrogen and oxygen atoms in total. The first-order valence-corrected chi connectivity index (χ1v) is 9.10. The zero-order valence-corrected chi connectivity index (χ0v) is 15.7. The van der Waals surface area contributed by atoms with Crippen molar-refractivity contribution < 1.29 is 9.59 Å². The number of carbonyl (C=O) groups is 2. The van der Waals surface area contributed by atoms with Crippen molar-refractivity contribution in [2.24, 2.45) is 5.92 Å². The second-order valence-electron chi connectivity index (χ2n) is 6.72. The van der Waals surface area contributed by atoms with Crippen LogP contribution in [0.3, 0.4) is 0 Å². The maximum absolute atomic E-state index is 12.2. The van der Waals surface area contributed by atoms with E-state index in [-0.39, 0.29) is 30.3 Å². The summed E-state index contributed by atoms with van der Waals surface area (Å²) in [6.07, 6.45) is 5.75. The van der Waals surface area contributed by atoms with Crippen molar-refractivity contribution in [2.75, 3.05) is 18.4 Å². The van der Waals surface area contributed by atoms with Crippen molar-refractivity contribution >= 4 is 41.5 Å². The minimum Gasteiger partial charge on any atom is -0.349 e. The van der Waals surface area contributed by atoms with Gasteiger partial charge in [-0.1, -0.05) is 11.6 Å². The Morgan fingerprint density at radius 2 is 1.88 bits per heavy atom. The third kappa shape index (κ3) is 6.17. The average molecular weight is 386 g/mol. The number of piperidine rings is 1. The number of amides is 2. The van der Waals surface area contributed by atoms with E-state index in [0.717, 1.165) is 45.2 Å². The summed E-state index contributed by atoms with van der Waals surface area (Å²) >= 11 is 6.11. The molecule has 1 aromatic rings. The molecule has 0 atom stereocenters. The predicted molar refractivity (Wildman–Crippen MR) is 103 cm³/mol. The Labute approximate surface area is 159 Å². The van der Waals surface area contributed by atoms with Crippen molar-refractivity contribution in [1.82, 2.24) is 10.6 Å². The van der Waals surface area contributed by atoms with E-state index in [1.54, 1.807) is 18.2 Å². The molecule has 25 heavy (non-hydrogen) atoms. The Bertz CT molecular complexity index is 614. The number of benzene rings is 1. The van der Waals surface area contributed by atoms with Gasteiger partial charge >= 0.3 is 0 Å². The summed E-state index contributed by atoms with van der Waals surface area (Å²) in [5.74, 6) is 0.444. The van der Waals surface area contributed by atoms with Gasteiger partial charge in [-0.3, -0.25) is 9.59 Å². The van der Waals surface area contributed by atoms with Crippen molar-refractivity contribution in [3.05, 3.63) is 28.8 Å². The molecule has 1 heterocycles. The van der Waals surface area contributed by atoms with E-state index in [9.17, 15) is 9.59 Å². The number of carbonyl (C=O) groups excluding carboxylic acids is 2. The summed E-state index contributed by atoms with van der Waals surface area (Å²) in [6.45, 7) is 2.09. The second kappa shape index (κ2) is 9.41. The average Bonchev–Trinajstić information content (AvgIpc) is 3.39. The first-order chi connectivity index (χ1) is 11.6. The fourth-order valence-electron chi connectivity index (χ4n) is 3.00. The van der Waals surface area contributed by atoms with Gasteiger partial charge < -0.3 is 16.0 Å². The summed E-state index contributed by atoms with van der Waals surface area (Å²) in [5.41, 5.74) is 1.04. The van der Waals surface area contributed by atoms with E-state index in [2.05, 4.69) is 16.0 Å². The van der Waals surface area contributed by atoms with Crippen LogP contribution in [0, 0.1) is 5.92 Å². The highest BCUT2D eigenvalue weighted by Crippen LogP contribution is 2.24. The van der Waals surface area contributed by atoms with Crippen LogP contribution in [0.1, 0.15) is 48.9 Å². The second-order valence-corrected chi connectivity index (χ2v) is 7.13. The van der Waals surface area contributed by atoms with E-state index in [4.69, 9.17) is 11.6 Å². The number of halogens is 2. The minimum atomic E-state index is -0.173. The van der Waals surface area contributed by atoms with E-state index in [1.807, 2.05) is 0 Å². The molecule has 1 aliphatic carbocycles. The van der Waals surface area contributed by atoms with E-state index >= 15 is 0 Å². The van der Waals surface area contributed by atoms with Crippen LogP contribution in [0.5, 0.6) is 0 Å². The van der Waals surface area contributed by atoms with E-state index in [1.165, 1.54) is 0 Å². The molecule has 3 rings (SSSR count). The van der Waals surface area contributed by atoms with Crippen molar-refractivity contribution in [2.45, 2.75) is 44.6 Å². The monoisotopic (exact) mass is 385 g/mol. The lowest BCUT2D eigenvalue weighted by Crippen LogP contribution is -2.28. The van der Waals surface area contributed by atoms with Crippen LogP contribution in [0.4, 0.5) is 5.69 Å². The number of anilines is 1. The molecule has 7 heteroatoms. The Kier molecular flexibility index (Phi) is 7.54. The highest BCUT2D eigenvalue weighted by Gasteiger charge is 2.25. The SMILES string of the molecule is Cl.O=C(CCC1CCNCC1)Nc1ccc(Cl)c(C(=O)NC2CC2)c1. The van der Waals surface area contributed by atoms with E-state index in [0.29, 0.717) is 28.6 Å². The van der Waals surface area contributed by atoms with Crippen LogP contribution in [-0.4, -0.2) is 30.9 Å². The van der Waals surface area contributed by atoms with Gasteiger partial charge in [-0.15, -0.1) is 12.4 Å². The first kappa shape index (κ1) is 20.0. The molecular formula is C18H25Cl2N3O2. The third-order valence-corrected chi connectivity index (χ3v) is 4.98. The normalized spacial score (nSPS) is 17.5. The third-order valence-electron chi connectivity index (χ3n) is 4.65. The molecule has 2 amide bonds. The lowest BCUT2D eigenvalue weighted by Gasteiger charge is -2.22. The Morgan fingerprint density at radius 1 is 1.16 bits per heavy atom. The van der Waals surface area contributed by atoms with E-state index < -0.39 is 0 Å². The lowest BCUT2D eigenvalue weighted by molar-refractivity contribution is -0.116. The molecular weight excluding hydrogens is 361 g/mol. The van der Waals surface area contributed by atoms with Crippen molar-refractivity contribution in [3.8, 4) is 0 Å². The van der Waals surface area contributed by atoms with Gasteiger partial charge in [0.15, 0.2) is 0 Å². The van der Waals surface area contributed by atoms with Crippen LogP contribution in [0.15, 0.2) is 18.2 Å². The number of hydrogen-bond acceptors (Lipinski definition) is 3. The maximum Gasteiger partial charge on any atom is 0.253 e. The fraction of sp³-hybridized carbons (Fsp3) is 0.556. The van der Waals surface area contributed by atoms with Crippen LogP contribution in [0.2, 0.25) is 5.02 Å². The summed E-state index contributed by atoms with van der Waals surface area (Å²) in [7, 11) is 0. The summed E-state index contributed by atoms with van der Waals surface area (Å²) in [6, 6.07) is 5.32. The zero-order valence-electron chi connectivity index (χ0n) is 14.1. The molecule has 0 aromatic heterocycles. The number of rotatable bonds is 6. The standard InChI is InChI=1S/C18H24ClN3O2.ClH/c19-16-5-4-14(11-15(16)18(24)22-13-2-3-13)21-17(23)6-1-12-7-9-20-10-8-12;/h4-5,11-13,20H,1-3,6-10H2,(H,21,23)(H,22,24);1H. The minimum absolute atomic E-state index is 0. The summed E-state index contributed by atoms with van der Waals surface area (Å²) in [4.78, 5) is 24.3. The topological polar surface area (TPSA) is 70.2 Å². The Morgan fingerprint density at radius 3 is 2.56 bits per heavy atom. The van der Waals surface area contributed by atoms with Gasteiger partial charge in [-0.2, -0.15) is 0 Å². The molecule has 0 spiro atoms. The molecule has 0 unspecified atom stereocenters. The molecule has 138 valence electrons. The van der Waals surface area contributed by atoms with Gasteiger partial charge in [-0.05, 0) is 69.3 Å². The highest BCUT2D eigenvalue weighted by molar-refractivity contribution is 6.34. The molecule has 0 radical (unpaired) electrons. The van der Waals surface area contributed by atoms with Crippen LogP contribution in [-0.2, 0) is 4.79 Å². The van der Waals surface area contributed by atoms with Gasteiger partial charge in [0, 0.05) is 18.2 Å². The predicted octanol–water partition coefficient (Wildman–Crippen LogP) is 3.37. The molecule has 1 saturated heterocycles. The van der Waals surface area contributed by atoms with Crippen LogP contribution >= 0.6 is 24.0 Å². The maximum atomic E-state index is 12.2. The first-order valence-electron chi connectivity index (χ1n) is 8.73. The fourth-order valence-corrected chi connectivity index (χ4v) is 3.20. The van der Waals surface area contributed by atoms with Gasteiger partial charge in [-0.25, -0.2) is 0 Å². The van der Waals surface area contributed by atoms with Gasteiger partial charge in [0.25, 0.3) is 5.91 Å². The lowest BCUT2D eigenvalue weighted by atomic mass is 9.93. The largest absolute Gasteiger partial charge is 0.349 e. The van der Waals surface area contributed by atoms with Gasteiger partial charge in [0.05, 0.1) is 10.6 Å². The highest BCUT2D eigenvalue weighted by atomic mass is 35.5.